The van der Waals surface area contributed by atoms with Gasteiger partial charge in [-0.05, 0) is 68.0 Å². The molecule has 1 unspecified atom stereocenters. The lowest BCUT2D eigenvalue weighted by Gasteiger charge is -2.20. The molecular formula is C27H32ClN3O5. The highest BCUT2D eigenvalue weighted by Crippen LogP contribution is 2.29. The van der Waals surface area contributed by atoms with Gasteiger partial charge in [-0.25, -0.2) is 0 Å². The number of hydrogen-bond acceptors (Lipinski definition) is 5. The van der Waals surface area contributed by atoms with E-state index < -0.39 is 11.9 Å². The number of carbonyl (C=O) groups excluding carboxylic acids is 3. The van der Waals surface area contributed by atoms with Gasteiger partial charge in [-0.3, -0.25) is 14.4 Å². The van der Waals surface area contributed by atoms with E-state index in [0.717, 1.165) is 42.6 Å². The van der Waals surface area contributed by atoms with E-state index in [4.69, 9.17) is 21.1 Å². The van der Waals surface area contributed by atoms with Crippen LogP contribution in [0.1, 0.15) is 60.5 Å². The zero-order valence-electron chi connectivity index (χ0n) is 20.4. The van der Waals surface area contributed by atoms with E-state index in [1.165, 1.54) is 6.07 Å². The number of fused-ring (bicyclic) bond motifs is 2. The van der Waals surface area contributed by atoms with Gasteiger partial charge in [-0.1, -0.05) is 23.7 Å². The van der Waals surface area contributed by atoms with E-state index in [1.54, 1.807) is 12.1 Å². The Morgan fingerprint density at radius 2 is 1.94 bits per heavy atom. The molecule has 0 spiro atoms. The molecule has 2 aliphatic rings. The van der Waals surface area contributed by atoms with Crippen molar-refractivity contribution >= 4 is 29.3 Å². The molecule has 0 saturated carbocycles. The maximum Gasteiger partial charge on any atom is 0.255 e. The van der Waals surface area contributed by atoms with Crippen LogP contribution in [-0.2, 0) is 22.6 Å². The van der Waals surface area contributed by atoms with Crippen molar-refractivity contribution in [2.24, 2.45) is 0 Å². The van der Waals surface area contributed by atoms with Crippen LogP contribution in [0, 0.1) is 0 Å². The molecule has 9 heteroatoms. The fourth-order valence-electron chi connectivity index (χ4n) is 4.39. The van der Waals surface area contributed by atoms with Crippen LogP contribution in [0.25, 0.3) is 0 Å². The fraction of sp³-hybridized carbons (Fsp3) is 0.444. The average Bonchev–Trinajstić information content (AvgIpc) is 3.23. The van der Waals surface area contributed by atoms with Crippen molar-refractivity contribution in [3.8, 4) is 11.5 Å². The normalized spacial score (nSPS) is 20.8. The lowest BCUT2D eigenvalue weighted by Crippen LogP contribution is -2.47. The number of nitrogens with one attached hydrogen (secondary N) is 3. The Morgan fingerprint density at radius 3 is 2.81 bits per heavy atom. The van der Waals surface area contributed by atoms with Crippen LogP contribution in [0.5, 0.6) is 11.5 Å². The van der Waals surface area contributed by atoms with Crippen molar-refractivity contribution in [3.63, 3.8) is 0 Å². The minimum Gasteiger partial charge on any atom is -0.493 e. The zero-order chi connectivity index (χ0) is 25.5. The highest BCUT2D eigenvalue weighted by Gasteiger charge is 2.25. The molecule has 0 aromatic heterocycles. The predicted octanol–water partition coefficient (Wildman–Crippen LogP) is 3.54. The predicted molar refractivity (Wildman–Crippen MR) is 136 cm³/mol. The Bertz CT molecular complexity index is 1120. The number of rotatable bonds is 3. The molecule has 0 fully saturated rings. The lowest BCUT2D eigenvalue weighted by atomic mass is 10.1. The fourth-order valence-corrected chi connectivity index (χ4v) is 4.56. The second-order valence-corrected chi connectivity index (χ2v) is 9.69. The summed E-state index contributed by atoms with van der Waals surface area (Å²) in [5.74, 6) is 0.290. The van der Waals surface area contributed by atoms with Gasteiger partial charge in [-0.2, -0.15) is 0 Å². The number of hydrogen-bond donors (Lipinski definition) is 3. The van der Waals surface area contributed by atoms with E-state index in [2.05, 4.69) is 16.0 Å². The molecule has 0 saturated heterocycles. The zero-order valence-corrected chi connectivity index (χ0v) is 21.2. The van der Waals surface area contributed by atoms with Crippen LogP contribution >= 0.6 is 11.6 Å². The Labute approximate surface area is 216 Å². The molecule has 3 amide bonds. The van der Waals surface area contributed by atoms with Gasteiger partial charge in [0.05, 0.1) is 12.2 Å². The average molecular weight is 514 g/mol. The van der Waals surface area contributed by atoms with E-state index in [9.17, 15) is 14.4 Å². The smallest absolute Gasteiger partial charge is 0.255 e. The Morgan fingerprint density at radius 1 is 1.11 bits per heavy atom. The minimum atomic E-state index is -0.905. The summed E-state index contributed by atoms with van der Waals surface area (Å²) in [6, 6.07) is 9.80. The summed E-state index contributed by atoms with van der Waals surface area (Å²) < 4.78 is 11.6. The Kier molecular flexibility index (Phi) is 8.70. The topological polar surface area (TPSA) is 106 Å². The molecule has 4 rings (SSSR count). The Balaban J connectivity index is 1.48. The first-order valence-corrected chi connectivity index (χ1v) is 12.8. The summed E-state index contributed by atoms with van der Waals surface area (Å²) in [6.07, 6.45) is 3.75. The second-order valence-electron chi connectivity index (χ2n) is 9.26. The molecule has 3 N–H and O–H groups in total. The van der Waals surface area contributed by atoms with Crippen molar-refractivity contribution in [2.45, 2.75) is 64.1 Å². The number of carbonyl (C=O) groups is 3. The monoisotopic (exact) mass is 513 g/mol. The molecule has 0 aliphatic carbocycles. The molecule has 2 heterocycles. The summed E-state index contributed by atoms with van der Waals surface area (Å²) in [5.41, 5.74) is 2.31. The molecule has 36 heavy (non-hydrogen) atoms. The van der Waals surface area contributed by atoms with Crippen molar-refractivity contribution in [3.05, 3.63) is 58.1 Å². The standard InChI is InChI=1S/C27H32ClN3O5/c1-17-13-19-14-18(5-8-23(19)36-17)16-30-27(34)22-7-10-25(32)29-11-3-2-4-12-35-24-9-6-20(28)15-21(24)26(33)31-22/h5-6,8-9,14-15,17,22H,2-4,7,10-13,16H2,1H3,(H,29,32)(H,30,34)(H,31,33)/t17?,22-/m0/s1. The van der Waals surface area contributed by atoms with Crippen LogP contribution in [0.15, 0.2) is 36.4 Å². The number of benzene rings is 2. The van der Waals surface area contributed by atoms with Gasteiger partial charge >= 0.3 is 0 Å². The SMILES string of the molecule is CC1Cc2cc(CNC(=O)[C@@H]3CCC(=O)NCCCCCOc4ccc(Cl)cc4C(=O)N3)ccc2O1. The molecule has 2 aromatic rings. The third kappa shape index (κ3) is 6.91. The van der Waals surface area contributed by atoms with E-state index in [1.807, 2.05) is 25.1 Å². The molecule has 192 valence electrons. The van der Waals surface area contributed by atoms with Crippen LogP contribution in [-0.4, -0.2) is 43.0 Å². The second kappa shape index (κ2) is 12.1. The van der Waals surface area contributed by atoms with E-state index in [-0.39, 0.29) is 36.3 Å². The molecule has 0 bridgehead atoms. The van der Waals surface area contributed by atoms with Gasteiger partial charge in [0.1, 0.15) is 23.6 Å². The number of ether oxygens (including phenoxy) is 2. The highest BCUT2D eigenvalue weighted by molar-refractivity contribution is 6.31. The van der Waals surface area contributed by atoms with Gasteiger partial charge in [0.2, 0.25) is 11.8 Å². The maximum absolute atomic E-state index is 13.2. The molecule has 2 aliphatic heterocycles. The highest BCUT2D eigenvalue weighted by atomic mass is 35.5. The number of halogens is 1. The summed E-state index contributed by atoms with van der Waals surface area (Å²) in [7, 11) is 0. The summed E-state index contributed by atoms with van der Waals surface area (Å²) >= 11 is 6.14. The van der Waals surface area contributed by atoms with Gasteiger partial charge in [0.15, 0.2) is 0 Å². The first-order valence-electron chi connectivity index (χ1n) is 12.4. The van der Waals surface area contributed by atoms with Crippen molar-refractivity contribution in [1.29, 1.82) is 0 Å². The van der Waals surface area contributed by atoms with Gasteiger partial charge < -0.3 is 25.4 Å². The van der Waals surface area contributed by atoms with Gasteiger partial charge in [0.25, 0.3) is 5.91 Å². The molecule has 8 nitrogen and oxygen atoms in total. The largest absolute Gasteiger partial charge is 0.493 e. The first-order chi connectivity index (χ1) is 17.4. The van der Waals surface area contributed by atoms with Crippen molar-refractivity contribution in [2.75, 3.05) is 13.2 Å². The van der Waals surface area contributed by atoms with E-state index >= 15 is 0 Å². The third-order valence-corrected chi connectivity index (χ3v) is 6.53. The molecular weight excluding hydrogens is 482 g/mol. The summed E-state index contributed by atoms with van der Waals surface area (Å²) in [5, 5.41) is 8.96. The van der Waals surface area contributed by atoms with Gasteiger partial charge in [-0.15, -0.1) is 0 Å². The van der Waals surface area contributed by atoms with Gasteiger partial charge in [0, 0.05) is 31.0 Å². The van der Waals surface area contributed by atoms with Crippen LogP contribution in [0.3, 0.4) is 0 Å². The van der Waals surface area contributed by atoms with E-state index in [0.29, 0.717) is 30.5 Å². The number of amides is 3. The molecule has 2 aromatic carbocycles. The third-order valence-electron chi connectivity index (χ3n) is 6.30. The lowest BCUT2D eigenvalue weighted by molar-refractivity contribution is -0.124. The minimum absolute atomic E-state index is 0.116. The van der Waals surface area contributed by atoms with Crippen LogP contribution in [0.4, 0.5) is 0 Å². The quantitative estimate of drug-likeness (QED) is 0.582. The van der Waals surface area contributed by atoms with Crippen LogP contribution < -0.4 is 25.4 Å². The summed E-state index contributed by atoms with van der Waals surface area (Å²) in [6.45, 7) is 3.32. The maximum atomic E-state index is 13.2. The van der Waals surface area contributed by atoms with Crippen molar-refractivity contribution < 1.29 is 23.9 Å². The first kappa shape index (κ1) is 25.8. The molecule has 2 atom stereocenters. The molecule has 0 radical (unpaired) electrons. The Hall–Kier alpha value is -3.26. The van der Waals surface area contributed by atoms with Crippen LogP contribution in [0.2, 0.25) is 5.02 Å². The summed E-state index contributed by atoms with van der Waals surface area (Å²) in [4.78, 5) is 38.6. The van der Waals surface area contributed by atoms with Crippen molar-refractivity contribution in [1.82, 2.24) is 16.0 Å².